The highest BCUT2D eigenvalue weighted by molar-refractivity contribution is 7.91. The molecule has 3 rings (SSSR count). The van der Waals surface area contributed by atoms with Gasteiger partial charge in [0.2, 0.25) is 5.95 Å². The third kappa shape index (κ3) is 5.15. The number of carbonyl (C=O) groups excluding carboxylic acids is 1. The molecule has 2 aromatic rings. The van der Waals surface area contributed by atoms with Crippen LogP contribution >= 0.6 is 11.6 Å². The number of nitrogens with zero attached hydrogens (tertiary/aromatic N) is 2. The fourth-order valence-electron chi connectivity index (χ4n) is 2.68. The smallest absolute Gasteiger partial charge is 0.254 e. The molecule has 0 aliphatic carbocycles. The van der Waals surface area contributed by atoms with Crippen LogP contribution < -0.4 is 10.6 Å². The van der Waals surface area contributed by atoms with Gasteiger partial charge in [-0.1, -0.05) is 23.7 Å². The first-order valence-electron chi connectivity index (χ1n) is 8.23. The molecule has 1 fully saturated rings. The second kappa shape index (κ2) is 8.01. The summed E-state index contributed by atoms with van der Waals surface area (Å²) in [5.41, 5.74) is 1.45. The molecule has 2 N–H and O–H groups in total. The number of nitrogens with one attached hydrogen (secondary N) is 2. The van der Waals surface area contributed by atoms with Crippen LogP contribution in [0.5, 0.6) is 0 Å². The van der Waals surface area contributed by atoms with E-state index in [1.54, 1.807) is 0 Å². The van der Waals surface area contributed by atoms with Crippen LogP contribution in [0.3, 0.4) is 0 Å². The van der Waals surface area contributed by atoms with Crippen molar-refractivity contribution in [2.45, 2.75) is 18.9 Å². The zero-order valence-corrected chi connectivity index (χ0v) is 15.6. The van der Waals surface area contributed by atoms with Crippen molar-refractivity contribution in [2.75, 3.05) is 23.4 Å². The van der Waals surface area contributed by atoms with E-state index in [1.165, 1.54) is 12.4 Å². The number of hydrogen-bond donors (Lipinski definition) is 2. The van der Waals surface area contributed by atoms with Gasteiger partial charge in [-0.05, 0) is 30.5 Å². The van der Waals surface area contributed by atoms with Crippen LogP contribution in [0.4, 0.5) is 5.95 Å². The molecule has 2 heterocycles. The van der Waals surface area contributed by atoms with Crippen molar-refractivity contribution < 1.29 is 13.2 Å². The largest absolute Gasteiger partial charge is 0.354 e. The molecule has 1 aromatic carbocycles. The van der Waals surface area contributed by atoms with Crippen LogP contribution in [0.15, 0.2) is 36.7 Å². The molecule has 138 valence electrons. The Kier molecular flexibility index (Phi) is 5.73. The van der Waals surface area contributed by atoms with E-state index in [0.717, 1.165) is 12.0 Å². The first-order chi connectivity index (χ1) is 12.4. The molecule has 0 radical (unpaired) electrons. The maximum absolute atomic E-state index is 12.1. The van der Waals surface area contributed by atoms with Gasteiger partial charge in [-0.3, -0.25) is 4.79 Å². The quantitative estimate of drug-likeness (QED) is 0.773. The molecule has 0 bridgehead atoms. The lowest BCUT2D eigenvalue weighted by Gasteiger charge is -2.10. The van der Waals surface area contributed by atoms with Gasteiger partial charge in [0, 0.05) is 30.0 Å². The zero-order chi connectivity index (χ0) is 18.6. The molecule has 0 saturated carbocycles. The van der Waals surface area contributed by atoms with E-state index in [4.69, 9.17) is 11.6 Å². The number of anilines is 1. The van der Waals surface area contributed by atoms with Gasteiger partial charge in [-0.25, -0.2) is 18.4 Å². The van der Waals surface area contributed by atoms with E-state index in [2.05, 4.69) is 20.6 Å². The Bertz CT molecular complexity index is 870. The third-order valence-corrected chi connectivity index (χ3v) is 6.11. The molecule has 1 aliphatic rings. The minimum absolute atomic E-state index is 0.00999. The van der Waals surface area contributed by atoms with Crippen LogP contribution in [-0.2, 0) is 16.3 Å². The Balaban J connectivity index is 1.48. The van der Waals surface area contributed by atoms with E-state index >= 15 is 0 Å². The molecule has 1 aromatic heterocycles. The average molecular weight is 395 g/mol. The van der Waals surface area contributed by atoms with Crippen molar-refractivity contribution in [1.82, 2.24) is 15.3 Å². The summed E-state index contributed by atoms with van der Waals surface area (Å²) < 4.78 is 22.9. The minimum Gasteiger partial charge on any atom is -0.354 e. The van der Waals surface area contributed by atoms with Crippen LogP contribution in [-0.4, -0.2) is 48.4 Å². The summed E-state index contributed by atoms with van der Waals surface area (Å²) >= 11 is 5.85. The van der Waals surface area contributed by atoms with Crippen LogP contribution in [0.2, 0.25) is 5.02 Å². The normalized spacial score (nSPS) is 18.4. The topological polar surface area (TPSA) is 101 Å². The highest BCUT2D eigenvalue weighted by Crippen LogP contribution is 2.12. The first kappa shape index (κ1) is 18.6. The molecule has 1 saturated heterocycles. The van der Waals surface area contributed by atoms with Crippen molar-refractivity contribution in [3.8, 4) is 0 Å². The fourth-order valence-corrected chi connectivity index (χ4v) is 4.48. The van der Waals surface area contributed by atoms with Gasteiger partial charge < -0.3 is 10.6 Å². The Labute approximate surface area is 157 Å². The predicted molar refractivity (Wildman–Crippen MR) is 100 cm³/mol. The summed E-state index contributed by atoms with van der Waals surface area (Å²) in [6.07, 6.45) is 4.09. The fraction of sp³-hybridized carbons (Fsp3) is 0.353. The number of amides is 1. The number of hydrogen-bond acceptors (Lipinski definition) is 6. The highest BCUT2D eigenvalue weighted by atomic mass is 35.5. The summed E-state index contributed by atoms with van der Waals surface area (Å²) in [6, 6.07) is 7.26. The minimum atomic E-state index is -3.03. The second-order valence-corrected chi connectivity index (χ2v) is 8.84. The van der Waals surface area contributed by atoms with Crippen molar-refractivity contribution >= 4 is 33.3 Å². The number of carbonyl (C=O) groups is 1. The SMILES string of the molecule is O=C(NC1CCS(=O)(=O)C1)c1cnc(NCCc2ccc(Cl)cc2)nc1. The maximum Gasteiger partial charge on any atom is 0.254 e. The van der Waals surface area contributed by atoms with E-state index in [0.29, 0.717) is 29.5 Å². The predicted octanol–water partition coefficient (Wildman–Crippen LogP) is 1.70. The van der Waals surface area contributed by atoms with Gasteiger partial charge in [0.1, 0.15) is 0 Å². The van der Waals surface area contributed by atoms with Gasteiger partial charge in [-0.15, -0.1) is 0 Å². The zero-order valence-electron chi connectivity index (χ0n) is 14.0. The van der Waals surface area contributed by atoms with E-state index < -0.39 is 9.84 Å². The monoisotopic (exact) mass is 394 g/mol. The number of sulfone groups is 1. The summed E-state index contributed by atoms with van der Waals surface area (Å²) in [5.74, 6) is 0.174. The Morgan fingerprint density at radius 1 is 1.19 bits per heavy atom. The summed E-state index contributed by atoms with van der Waals surface area (Å²) in [7, 11) is -3.03. The average Bonchev–Trinajstić information content (AvgIpc) is 2.96. The van der Waals surface area contributed by atoms with Crippen molar-refractivity contribution in [1.29, 1.82) is 0 Å². The molecule has 1 amide bonds. The second-order valence-electron chi connectivity index (χ2n) is 6.17. The maximum atomic E-state index is 12.1. The molecule has 1 atom stereocenters. The van der Waals surface area contributed by atoms with Crippen LogP contribution in [0.25, 0.3) is 0 Å². The Morgan fingerprint density at radius 2 is 1.88 bits per heavy atom. The number of rotatable bonds is 6. The highest BCUT2D eigenvalue weighted by Gasteiger charge is 2.29. The van der Waals surface area contributed by atoms with Crippen molar-refractivity contribution in [3.63, 3.8) is 0 Å². The molecule has 1 aliphatic heterocycles. The third-order valence-electron chi connectivity index (χ3n) is 4.09. The lowest BCUT2D eigenvalue weighted by Crippen LogP contribution is -2.35. The van der Waals surface area contributed by atoms with Crippen LogP contribution in [0, 0.1) is 0 Å². The molecule has 0 spiro atoms. The van der Waals surface area contributed by atoms with Gasteiger partial charge >= 0.3 is 0 Å². The Hall–Kier alpha value is -2.19. The molecule has 26 heavy (non-hydrogen) atoms. The molecule has 1 unspecified atom stereocenters. The Morgan fingerprint density at radius 3 is 2.50 bits per heavy atom. The lowest BCUT2D eigenvalue weighted by molar-refractivity contribution is 0.0940. The molecular formula is C17H19ClN4O3S. The number of halogens is 1. The van der Waals surface area contributed by atoms with Crippen molar-refractivity contribution in [2.24, 2.45) is 0 Å². The molecule has 9 heteroatoms. The van der Waals surface area contributed by atoms with E-state index in [9.17, 15) is 13.2 Å². The molecular weight excluding hydrogens is 376 g/mol. The summed E-state index contributed by atoms with van der Waals surface area (Å²) in [5, 5.41) is 6.50. The number of aromatic nitrogens is 2. The molecule has 7 nitrogen and oxygen atoms in total. The summed E-state index contributed by atoms with van der Waals surface area (Å²) in [4.78, 5) is 20.4. The van der Waals surface area contributed by atoms with E-state index in [-0.39, 0.29) is 23.5 Å². The summed E-state index contributed by atoms with van der Waals surface area (Å²) in [6.45, 7) is 0.646. The van der Waals surface area contributed by atoms with Gasteiger partial charge in [0.15, 0.2) is 9.84 Å². The van der Waals surface area contributed by atoms with E-state index in [1.807, 2.05) is 24.3 Å². The first-order valence-corrected chi connectivity index (χ1v) is 10.4. The van der Waals surface area contributed by atoms with Gasteiger partial charge in [0.25, 0.3) is 5.91 Å². The van der Waals surface area contributed by atoms with Gasteiger partial charge in [0.05, 0.1) is 17.1 Å². The van der Waals surface area contributed by atoms with Crippen molar-refractivity contribution in [3.05, 3.63) is 52.8 Å². The lowest BCUT2D eigenvalue weighted by atomic mass is 10.1. The van der Waals surface area contributed by atoms with Gasteiger partial charge in [-0.2, -0.15) is 0 Å². The van der Waals surface area contributed by atoms with Crippen LogP contribution in [0.1, 0.15) is 22.3 Å². The standard InChI is InChI=1S/C17H19ClN4O3S/c18-14-3-1-12(2-4-14)5-7-19-17-20-9-13(10-21-17)16(23)22-15-6-8-26(24,25)11-15/h1-4,9-10,15H,5-8,11H2,(H,22,23)(H,19,20,21). The number of benzene rings is 1.